The Morgan fingerprint density at radius 3 is 1.55 bits per heavy atom. The van der Waals surface area contributed by atoms with Crippen molar-refractivity contribution in [1.29, 1.82) is 0 Å². The van der Waals surface area contributed by atoms with Gasteiger partial charge in [-0.1, -0.05) is 200 Å². The van der Waals surface area contributed by atoms with Crippen LogP contribution in [-0.2, 0) is 5.41 Å². The van der Waals surface area contributed by atoms with Gasteiger partial charge < -0.3 is 4.42 Å². The fourth-order valence-corrected chi connectivity index (χ4v) is 9.63. The van der Waals surface area contributed by atoms with Crippen molar-refractivity contribution in [2.24, 2.45) is 0 Å². The van der Waals surface area contributed by atoms with Crippen LogP contribution in [0.5, 0.6) is 0 Å². The molecule has 1 aliphatic carbocycles. The molecule has 9 aromatic carbocycles. The maximum atomic E-state index is 6.75. The van der Waals surface area contributed by atoms with Crippen molar-refractivity contribution < 1.29 is 4.42 Å². The fraction of sp³-hybridized carbons (Fsp3) is 0.0172. The van der Waals surface area contributed by atoms with Gasteiger partial charge in [0.2, 0.25) is 0 Å². The molecule has 11 aromatic rings. The predicted molar refractivity (Wildman–Crippen MR) is 252 cm³/mol. The van der Waals surface area contributed by atoms with Crippen molar-refractivity contribution >= 4 is 21.9 Å². The maximum absolute atomic E-state index is 6.75. The molecular formula is C58H37N3O. The molecule has 2 aromatic heterocycles. The van der Waals surface area contributed by atoms with E-state index in [9.17, 15) is 0 Å². The summed E-state index contributed by atoms with van der Waals surface area (Å²) >= 11 is 0. The first kappa shape index (κ1) is 35.7. The zero-order chi connectivity index (χ0) is 41.0. The smallest absolute Gasteiger partial charge is 0.164 e. The van der Waals surface area contributed by atoms with E-state index in [4.69, 9.17) is 19.4 Å². The third-order valence-corrected chi connectivity index (χ3v) is 12.4. The molecule has 0 radical (unpaired) electrons. The fourth-order valence-electron chi connectivity index (χ4n) is 9.63. The molecule has 4 nitrogen and oxygen atoms in total. The molecule has 12 rings (SSSR count). The van der Waals surface area contributed by atoms with E-state index in [2.05, 4.69) is 188 Å². The van der Waals surface area contributed by atoms with Gasteiger partial charge in [0.05, 0.1) is 5.41 Å². The normalized spacial score (nSPS) is 12.6. The summed E-state index contributed by atoms with van der Waals surface area (Å²) in [6.07, 6.45) is 0. The van der Waals surface area contributed by atoms with E-state index in [1.807, 2.05) is 36.4 Å². The van der Waals surface area contributed by atoms with Crippen molar-refractivity contribution in [3.8, 4) is 67.5 Å². The number of fused-ring (bicyclic) bond motifs is 6. The van der Waals surface area contributed by atoms with Crippen molar-refractivity contribution in [1.82, 2.24) is 15.0 Å². The number of hydrogen-bond acceptors (Lipinski definition) is 4. The summed E-state index contributed by atoms with van der Waals surface area (Å²) < 4.78 is 6.75. The SMILES string of the molecule is c1ccc(-c2cccc(-c3nc(-c4ccccc4)nc(-c4ccccc4-c4ccc5oc6cc(C7(c8ccccc8)c8ccccc8-c8ccccc87)ccc6c5c4)n3)c2)cc1. The van der Waals surface area contributed by atoms with Gasteiger partial charge in [-0.15, -0.1) is 0 Å². The minimum absolute atomic E-state index is 0.503. The van der Waals surface area contributed by atoms with Crippen LogP contribution in [0.25, 0.3) is 89.5 Å². The van der Waals surface area contributed by atoms with Crippen molar-refractivity contribution in [2.75, 3.05) is 0 Å². The van der Waals surface area contributed by atoms with Gasteiger partial charge >= 0.3 is 0 Å². The molecule has 0 atom stereocenters. The first-order valence-corrected chi connectivity index (χ1v) is 21.0. The molecule has 2 heterocycles. The molecule has 62 heavy (non-hydrogen) atoms. The molecule has 0 N–H and O–H groups in total. The molecule has 0 spiro atoms. The van der Waals surface area contributed by atoms with E-state index in [0.717, 1.165) is 60.9 Å². The van der Waals surface area contributed by atoms with Crippen LogP contribution >= 0.6 is 0 Å². The molecule has 0 bridgehead atoms. The van der Waals surface area contributed by atoms with Gasteiger partial charge in [0.1, 0.15) is 11.2 Å². The molecular weight excluding hydrogens is 755 g/mol. The second kappa shape index (κ2) is 14.5. The Morgan fingerprint density at radius 1 is 0.290 bits per heavy atom. The van der Waals surface area contributed by atoms with Crippen molar-refractivity contribution in [3.63, 3.8) is 0 Å². The second-order valence-electron chi connectivity index (χ2n) is 15.9. The highest BCUT2D eigenvalue weighted by atomic mass is 16.3. The van der Waals surface area contributed by atoms with Gasteiger partial charge in [0, 0.05) is 27.5 Å². The Hall–Kier alpha value is -8.21. The summed E-state index contributed by atoms with van der Waals surface area (Å²) in [5.74, 6) is 1.85. The summed E-state index contributed by atoms with van der Waals surface area (Å²) in [7, 11) is 0. The van der Waals surface area contributed by atoms with Crippen molar-refractivity contribution in [3.05, 3.63) is 247 Å². The standard InChI is InChI=1S/C58H37N3O/c1-4-17-38(18-5-1)40-21-16-22-42(35-40)56-59-55(39-19-6-2-7-20-39)60-57(61-56)49-28-11-10-25-45(49)41-31-34-53-50(36-41)48-33-32-44(37-54(48)62-53)58(43-23-8-3-9-24-43)51-29-14-12-26-46(51)47-27-13-15-30-52(47)58/h1-37H. The van der Waals surface area contributed by atoms with Gasteiger partial charge in [-0.25, -0.2) is 15.0 Å². The topological polar surface area (TPSA) is 51.8 Å². The molecule has 0 saturated heterocycles. The molecule has 0 unspecified atom stereocenters. The second-order valence-corrected chi connectivity index (χ2v) is 15.9. The Labute approximate surface area is 359 Å². The lowest BCUT2D eigenvalue weighted by molar-refractivity contribution is 0.665. The van der Waals surface area contributed by atoms with Crippen LogP contribution in [0.3, 0.4) is 0 Å². The molecule has 0 amide bonds. The Bertz CT molecular complexity index is 3420. The highest BCUT2D eigenvalue weighted by Gasteiger charge is 2.46. The third-order valence-electron chi connectivity index (χ3n) is 12.4. The van der Waals surface area contributed by atoms with E-state index in [-0.39, 0.29) is 0 Å². The van der Waals surface area contributed by atoms with E-state index in [1.54, 1.807) is 0 Å². The summed E-state index contributed by atoms with van der Waals surface area (Å²) in [4.78, 5) is 15.4. The highest BCUT2D eigenvalue weighted by molar-refractivity contribution is 6.07. The van der Waals surface area contributed by atoms with Gasteiger partial charge in [0.25, 0.3) is 0 Å². The molecule has 290 valence electrons. The highest BCUT2D eigenvalue weighted by Crippen LogP contribution is 2.56. The van der Waals surface area contributed by atoms with E-state index >= 15 is 0 Å². The lowest BCUT2D eigenvalue weighted by Gasteiger charge is -2.33. The van der Waals surface area contributed by atoms with Crippen LogP contribution in [0.2, 0.25) is 0 Å². The largest absolute Gasteiger partial charge is 0.456 e. The van der Waals surface area contributed by atoms with Crippen LogP contribution in [0, 0.1) is 0 Å². The molecule has 1 aliphatic rings. The van der Waals surface area contributed by atoms with Crippen LogP contribution in [0.1, 0.15) is 22.3 Å². The average molecular weight is 792 g/mol. The molecule has 0 aliphatic heterocycles. The van der Waals surface area contributed by atoms with Gasteiger partial charge in [-0.3, -0.25) is 0 Å². The maximum Gasteiger partial charge on any atom is 0.164 e. The monoisotopic (exact) mass is 791 g/mol. The van der Waals surface area contributed by atoms with Gasteiger partial charge in [-0.05, 0) is 79.9 Å². The molecule has 4 heteroatoms. The quantitative estimate of drug-likeness (QED) is 0.161. The van der Waals surface area contributed by atoms with E-state index in [1.165, 1.54) is 33.4 Å². The summed E-state index contributed by atoms with van der Waals surface area (Å²) in [5, 5.41) is 2.12. The first-order chi connectivity index (χ1) is 30.7. The summed E-state index contributed by atoms with van der Waals surface area (Å²) in [5.41, 5.74) is 15.8. The summed E-state index contributed by atoms with van der Waals surface area (Å²) in [6, 6.07) is 79.2. The van der Waals surface area contributed by atoms with Crippen LogP contribution in [0.4, 0.5) is 0 Å². The molecule has 0 fully saturated rings. The third kappa shape index (κ3) is 5.72. The number of benzene rings is 9. The minimum atomic E-state index is -0.503. The Kier molecular flexibility index (Phi) is 8.36. The summed E-state index contributed by atoms with van der Waals surface area (Å²) in [6.45, 7) is 0. The predicted octanol–water partition coefficient (Wildman–Crippen LogP) is 14.5. The minimum Gasteiger partial charge on any atom is -0.456 e. The van der Waals surface area contributed by atoms with Crippen LogP contribution < -0.4 is 0 Å². The van der Waals surface area contributed by atoms with Gasteiger partial charge in [-0.2, -0.15) is 0 Å². The average Bonchev–Trinajstić information content (AvgIpc) is 3.88. The Morgan fingerprint density at radius 2 is 0.839 bits per heavy atom. The zero-order valence-electron chi connectivity index (χ0n) is 33.6. The van der Waals surface area contributed by atoms with E-state index in [0.29, 0.717) is 17.5 Å². The van der Waals surface area contributed by atoms with Crippen molar-refractivity contribution in [2.45, 2.75) is 5.41 Å². The molecule has 0 saturated carbocycles. The first-order valence-electron chi connectivity index (χ1n) is 21.0. The number of furan rings is 1. The Balaban J connectivity index is 0.995. The number of aromatic nitrogens is 3. The van der Waals surface area contributed by atoms with Crippen LogP contribution in [-0.4, -0.2) is 15.0 Å². The van der Waals surface area contributed by atoms with E-state index < -0.39 is 5.41 Å². The van der Waals surface area contributed by atoms with Gasteiger partial charge in [0.15, 0.2) is 17.5 Å². The number of rotatable bonds is 7. The zero-order valence-corrected chi connectivity index (χ0v) is 33.6. The number of nitrogens with zero attached hydrogens (tertiary/aromatic N) is 3. The lowest BCUT2D eigenvalue weighted by atomic mass is 9.67. The number of hydrogen-bond donors (Lipinski definition) is 0. The van der Waals surface area contributed by atoms with Crippen LogP contribution in [0.15, 0.2) is 229 Å². The lowest BCUT2D eigenvalue weighted by Crippen LogP contribution is -2.28.